The molecule has 1 aliphatic heterocycles. The molecule has 2 aromatic heterocycles. The highest BCUT2D eigenvalue weighted by Crippen LogP contribution is 2.37. The van der Waals surface area contributed by atoms with Crippen LogP contribution in [0.3, 0.4) is 0 Å². The molecule has 3 aromatic rings. The molecule has 0 spiro atoms. The first-order chi connectivity index (χ1) is 19.4. The van der Waals surface area contributed by atoms with E-state index in [2.05, 4.69) is 15.0 Å². The molecule has 1 saturated heterocycles. The number of nitrogens with zero attached hydrogens (tertiary/aromatic N) is 4. The lowest BCUT2D eigenvalue weighted by Crippen LogP contribution is -2.44. The fourth-order valence-corrected chi connectivity index (χ4v) is 6.45. The van der Waals surface area contributed by atoms with E-state index in [1.807, 2.05) is 0 Å². The number of sulfonamides is 1. The summed E-state index contributed by atoms with van der Waals surface area (Å²) in [6, 6.07) is -0.340. The van der Waals surface area contributed by atoms with Crippen LogP contribution in [0.15, 0.2) is 47.8 Å². The van der Waals surface area contributed by atoms with Gasteiger partial charge in [-0.1, -0.05) is 0 Å². The third kappa shape index (κ3) is 6.28. The van der Waals surface area contributed by atoms with Crippen LogP contribution in [0, 0.1) is 11.6 Å². The molecule has 0 N–H and O–H groups in total. The fraction of sp³-hybridized carbons (Fsp3) is 0.385. The van der Waals surface area contributed by atoms with Gasteiger partial charge in [-0.05, 0) is 43.2 Å². The summed E-state index contributed by atoms with van der Waals surface area (Å²) in [6.07, 6.45) is -6.15. The summed E-state index contributed by atoms with van der Waals surface area (Å²) in [5, 5.41) is 0. The van der Waals surface area contributed by atoms with Crippen LogP contribution in [0.1, 0.15) is 43.6 Å². The first kappa shape index (κ1) is 31.4. The van der Waals surface area contributed by atoms with Crippen LogP contribution in [0.5, 0.6) is 0 Å². The van der Waals surface area contributed by atoms with E-state index in [4.69, 9.17) is 0 Å². The van der Waals surface area contributed by atoms with Crippen molar-refractivity contribution in [2.24, 2.45) is 0 Å². The molecule has 0 radical (unpaired) electrons. The zero-order valence-electron chi connectivity index (χ0n) is 21.8. The third-order valence-electron chi connectivity index (χ3n) is 6.79. The minimum absolute atomic E-state index is 0.0120. The van der Waals surface area contributed by atoms with Gasteiger partial charge < -0.3 is 0 Å². The second-order valence-electron chi connectivity index (χ2n) is 9.79. The molecule has 4 rings (SSSR count). The average molecular weight is 623 g/mol. The van der Waals surface area contributed by atoms with Crippen LogP contribution in [0.4, 0.5) is 35.1 Å². The highest BCUT2D eigenvalue weighted by atomic mass is 32.2. The molecule has 0 saturated carbocycles. The second-order valence-corrected chi connectivity index (χ2v) is 11.6. The number of aryl methyl sites for hydroxylation is 1. The van der Waals surface area contributed by atoms with E-state index in [0.29, 0.717) is 29.6 Å². The van der Waals surface area contributed by atoms with Gasteiger partial charge in [0.1, 0.15) is 6.17 Å². The van der Waals surface area contributed by atoms with Crippen LogP contribution < -0.4 is 0 Å². The molecule has 16 heteroatoms. The van der Waals surface area contributed by atoms with Crippen molar-refractivity contribution in [3.8, 4) is 11.3 Å². The molecular weight excluding hydrogens is 600 g/mol. The van der Waals surface area contributed by atoms with Crippen molar-refractivity contribution in [1.29, 1.82) is 0 Å². The Morgan fingerprint density at radius 2 is 1.64 bits per heavy atom. The molecule has 0 aliphatic carbocycles. The van der Waals surface area contributed by atoms with E-state index >= 15 is 0 Å². The molecule has 3 atom stereocenters. The quantitative estimate of drug-likeness (QED) is 0.302. The van der Waals surface area contributed by atoms with Gasteiger partial charge in [-0.3, -0.25) is 9.78 Å². The highest BCUT2D eigenvalue weighted by molar-refractivity contribution is 7.89. The highest BCUT2D eigenvalue weighted by Gasteiger charge is 2.49. The Morgan fingerprint density at radius 3 is 2.21 bits per heavy atom. The van der Waals surface area contributed by atoms with Crippen LogP contribution in [0.25, 0.3) is 11.3 Å². The van der Waals surface area contributed by atoms with Gasteiger partial charge in [0.2, 0.25) is 10.0 Å². The minimum Gasteiger partial charge on any atom is -0.298 e. The molecule has 0 unspecified atom stereocenters. The van der Waals surface area contributed by atoms with Crippen molar-refractivity contribution in [2.45, 2.75) is 68.4 Å². The fourth-order valence-electron chi connectivity index (χ4n) is 4.60. The van der Waals surface area contributed by atoms with Gasteiger partial charge in [-0.15, -0.1) is 0 Å². The number of ketones is 1. The summed E-state index contributed by atoms with van der Waals surface area (Å²) in [6.45, 7) is 1.74. The smallest absolute Gasteiger partial charge is 0.298 e. The van der Waals surface area contributed by atoms with Crippen LogP contribution in [-0.4, -0.2) is 51.7 Å². The van der Waals surface area contributed by atoms with Crippen LogP contribution in [-0.2, 0) is 33.3 Å². The minimum atomic E-state index is -4.90. The third-order valence-corrected chi connectivity index (χ3v) is 8.79. The molecule has 0 bridgehead atoms. The maximum Gasteiger partial charge on any atom is 0.418 e. The molecule has 3 heterocycles. The zero-order chi connectivity index (χ0) is 31.2. The Morgan fingerprint density at radius 1 is 1.00 bits per heavy atom. The average Bonchev–Trinajstić information content (AvgIpc) is 3.22. The summed E-state index contributed by atoms with van der Waals surface area (Å²) < 4.78 is 137. The number of benzene rings is 1. The number of aromatic nitrogens is 3. The van der Waals surface area contributed by atoms with Crippen LogP contribution >= 0.6 is 0 Å². The summed E-state index contributed by atoms with van der Waals surface area (Å²) in [5.41, 5.74) is -1.73. The van der Waals surface area contributed by atoms with Crippen molar-refractivity contribution in [3.63, 3.8) is 0 Å². The zero-order valence-corrected chi connectivity index (χ0v) is 22.7. The Bertz CT molecular complexity index is 1590. The standard InChI is InChI=1S/C26H22F8N4O3S/c1-13-19(28)9-22(38(13)42(40,41)16-4-5-18(27)20(29)8-16)23(39)6-3-14-7-21(35-12-17(14)26(32,33)34)15-10-36-24(37-11-15)25(2,30)31/h4-5,7-8,10-13,19,22H,3,6,9H2,1-2H3/t13-,19+,22-/m0/s1. The lowest BCUT2D eigenvalue weighted by molar-refractivity contribution is -0.138. The van der Waals surface area contributed by atoms with E-state index in [1.165, 1.54) is 6.92 Å². The van der Waals surface area contributed by atoms with E-state index < -0.39 is 98.9 Å². The van der Waals surface area contributed by atoms with E-state index in [0.717, 1.165) is 24.5 Å². The molecule has 1 aliphatic rings. The summed E-state index contributed by atoms with van der Waals surface area (Å²) >= 11 is 0. The molecule has 1 aromatic carbocycles. The summed E-state index contributed by atoms with van der Waals surface area (Å²) in [5.74, 6) is -7.90. The van der Waals surface area contributed by atoms with Crippen molar-refractivity contribution < 1.29 is 48.3 Å². The number of carbonyl (C=O) groups is 1. The Hall–Kier alpha value is -3.53. The normalized spacial score (nSPS) is 20.2. The lowest BCUT2D eigenvalue weighted by Gasteiger charge is -2.27. The van der Waals surface area contributed by atoms with Gasteiger partial charge in [0.05, 0.1) is 28.2 Å². The van der Waals surface area contributed by atoms with Crippen molar-refractivity contribution in [2.75, 3.05) is 0 Å². The monoisotopic (exact) mass is 622 g/mol. The summed E-state index contributed by atoms with van der Waals surface area (Å²) in [7, 11) is -4.72. The maximum absolute atomic E-state index is 14.7. The van der Waals surface area contributed by atoms with Gasteiger partial charge >= 0.3 is 12.1 Å². The van der Waals surface area contributed by atoms with Gasteiger partial charge in [0.15, 0.2) is 23.2 Å². The first-order valence-electron chi connectivity index (χ1n) is 12.3. The first-order valence-corrected chi connectivity index (χ1v) is 13.8. The molecule has 42 heavy (non-hydrogen) atoms. The SMILES string of the molecule is C[C@H]1[C@H](F)C[C@@H](C(=O)CCc2cc(-c3cnc(C(C)(F)F)nc3)ncc2C(F)(F)F)N1S(=O)(=O)c1ccc(F)c(F)c1. The second kappa shape index (κ2) is 11.3. The van der Waals surface area contributed by atoms with Crippen molar-refractivity contribution in [1.82, 2.24) is 19.3 Å². The Kier molecular flexibility index (Phi) is 8.43. The van der Waals surface area contributed by atoms with E-state index in [1.54, 1.807) is 0 Å². The number of pyridine rings is 1. The summed E-state index contributed by atoms with van der Waals surface area (Å²) in [4.78, 5) is 23.2. The molecule has 226 valence electrons. The van der Waals surface area contributed by atoms with Gasteiger partial charge in [-0.25, -0.2) is 31.6 Å². The van der Waals surface area contributed by atoms with Gasteiger partial charge in [-0.2, -0.15) is 26.3 Å². The number of Topliss-reactive ketones (excluding diaryl/α,β-unsaturated/α-hetero) is 1. The van der Waals surface area contributed by atoms with Crippen LogP contribution in [0.2, 0.25) is 0 Å². The number of hydrogen-bond acceptors (Lipinski definition) is 6. The van der Waals surface area contributed by atoms with Crippen molar-refractivity contribution >= 4 is 15.8 Å². The van der Waals surface area contributed by atoms with Gasteiger partial charge in [0, 0.05) is 43.9 Å². The topological polar surface area (TPSA) is 93.1 Å². The van der Waals surface area contributed by atoms with E-state index in [9.17, 15) is 48.3 Å². The number of hydrogen-bond donors (Lipinski definition) is 0. The molecule has 1 fully saturated rings. The molecular formula is C26H22F8N4O3S. The number of halogens is 8. The predicted molar refractivity (Wildman–Crippen MR) is 131 cm³/mol. The predicted octanol–water partition coefficient (Wildman–Crippen LogP) is 5.64. The molecule has 0 amide bonds. The maximum atomic E-state index is 14.7. The largest absolute Gasteiger partial charge is 0.418 e. The van der Waals surface area contributed by atoms with Gasteiger partial charge in [0.25, 0.3) is 0 Å². The number of rotatable bonds is 8. The molecule has 7 nitrogen and oxygen atoms in total. The number of alkyl halides is 6. The Balaban J connectivity index is 1.62. The Labute approximate surface area is 234 Å². The van der Waals surface area contributed by atoms with Crippen molar-refractivity contribution in [3.05, 3.63) is 71.4 Å². The number of carbonyl (C=O) groups excluding carboxylic acids is 1. The van der Waals surface area contributed by atoms with E-state index in [-0.39, 0.29) is 11.3 Å². The lowest BCUT2D eigenvalue weighted by atomic mass is 9.98.